The summed E-state index contributed by atoms with van der Waals surface area (Å²) < 4.78 is 0. The van der Waals surface area contributed by atoms with Crippen molar-refractivity contribution in [3.63, 3.8) is 0 Å². The molecule has 2 bridgehead atoms. The van der Waals surface area contributed by atoms with Crippen molar-refractivity contribution in [2.45, 2.75) is 78.1 Å². The maximum Gasteiger partial charge on any atom is 0.155 e. The zero-order chi connectivity index (χ0) is 24.4. The lowest BCUT2D eigenvalue weighted by Gasteiger charge is -2.28. The Hall–Kier alpha value is -2.88. The third-order valence-corrected chi connectivity index (χ3v) is 7.89. The molecule has 4 heteroatoms. The van der Waals surface area contributed by atoms with Crippen LogP contribution in [0.15, 0.2) is 65.5 Å². The Morgan fingerprint density at radius 3 is 2.15 bits per heavy atom. The molecule has 34 heavy (non-hydrogen) atoms. The first-order chi connectivity index (χ1) is 16.2. The molecule has 1 N–H and O–H groups in total. The van der Waals surface area contributed by atoms with Gasteiger partial charge in [-0.1, -0.05) is 64.1 Å². The predicted octanol–water partition coefficient (Wildman–Crippen LogP) is 7.86. The number of fused-ring (bicyclic) bond motifs is 2. The average Bonchev–Trinajstić information content (AvgIpc) is 3.38. The van der Waals surface area contributed by atoms with Crippen molar-refractivity contribution in [1.29, 1.82) is 0 Å². The number of nitrogens with one attached hydrogen (secondary N) is 1. The molecular weight excluding hydrogens is 420 g/mol. The number of nitrogens with zero attached hydrogens (tertiary/aromatic N) is 1. The van der Waals surface area contributed by atoms with E-state index in [9.17, 15) is 4.79 Å². The summed E-state index contributed by atoms with van der Waals surface area (Å²) in [6.07, 6.45) is 9.11. The van der Waals surface area contributed by atoms with Gasteiger partial charge in [0.1, 0.15) is 5.78 Å². The van der Waals surface area contributed by atoms with Crippen LogP contribution < -0.4 is 5.48 Å². The van der Waals surface area contributed by atoms with Gasteiger partial charge in [0.25, 0.3) is 0 Å². The van der Waals surface area contributed by atoms with Crippen LogP contribution in [-0.2, 0) is 15.0 Å². The molecule has 0 aromatic heterocycles. The molecule has 0 atom stereocenters. The molecule has 0 aliphatic heterocycles. The highest BCUT2D eigenvalue weighted by molar-refractivity contribution is 5.79. The first-order valence-electron chi connectivity index (χ1n) is 12.5. The molecule has 2 aromatic rings. The van der Waals surface area contributed by atoms with E-state index in [1.54, 1.807) is 6.20 Å². The summed E-state index contributed by atoms with van der Waals surface area (Å²) in [5.74, 6) is 1.16. The molecule has 180 valence electrons. The van der Waals surface area contributed by atoms with Gasteiger partial charge in [-0.3, -0.25) is 9.79 Å². The smallest absolute Gasteiger partial charge is 0.155 e. The van der Waals surface area contributed by atoms with Gasteiger partial charge >= 0.3 is 0 Å². The fourth-order valence-electron chi connectivity index (χ4n) is 5.82. The third-order valence-electron chi connectivity index (χ3n) is 7.89. The Kier molecular flexibility index (Phi) is 6.71. The molecule has 2 aromatic carbocycles. The standard InChI is InChI=1S/C30H38N2O2/c1-6-26(33)19-29-15-17-30(21-29,18-16-29)24-11-7-22(8-12-24)23-9-13-25(14-10-23)32-34-27(20-31-5)28(2,3)4/h7-14,20,32H,5-6,15-19,21H2,1-4H3/b27-20-. The molecule has 0 amide bonds. The Morgan fingerprint density at radius 1 is 1.03 bits per heavy atom. The number of benzene rings is 2. The van der Waals surface area contributed by atoms with E-state index in [1.165, 1.54) is 48.8 Å². The monoisotopic (exact) mass is 458 g/mol. The third kappa shape index (κ3) is 4.96. The number of anilines is 1. The van der Waals surface area contributed by atoms with Crippen molar-refractivity contribution < 1.29 is 9.63 Å². The van der Waals surface area contributed by atoms with Crippen LogP contribution in [0.2, 0.25) is 0 Å². The first-order valence-corrected chi connectivity index (χ1v) is 12.5. The van der Waals surface area contributed by atoms with Gasteiger partial charge in [-0.05, 0) is 78.5 Å². The minimum absolute atomic E-state index is 0.167. The molecule has 0 radical (unpaired) electrons. The summed E-state index contributed by atoms with van der Waals surface area (Å²) in [4.78, 5) is 21.8. The second-order valence-electron chi connectivity index (χ2n) is 11.3. The van der Waals surface area contributed by atoms with Crippen LogP contribution in [-0.4, -0.2) is 12.5 Å². The lowest BCUT2D eigenvalue weighted by molar-refractivity contribution is -0.121. The van der Waals surface area contributed by atoms with Crippen LogP contribution in [0, 0.1) is 10.8 Å². The van der Waals surface area contributed by atoms with E-state index in [0.717, 1.165) is 17.9 Å². The van der Waals surface area contributed by atoms with Gasteiger partial charge in [0.2, 0.25) is 0 Å². The van der Waals surface area contributed by atoms with Crippen LogP contribution in [0.4, 0.5) is 5.69 Å². The van der Waals surface area contributed by atoms with Crippen molar-refractivity contribution in [3.8, 4) is 11.1 Å². The van der Waals surface area contributed by atoms with Crippen molar-refractivity contribution in [1.82, 2.24) is 0 Å². The lowest BCUT2D eigenvalue weighted by atomic mass is 9.76. The summed E-state index contributed by atoms with van der Waals surface area (Å²) in [6.45, 7) is 11.7. The van der Waals surface area contributed by atoms with Crippen LogP contribution in [0.1, 0.15) is 78.2 Å². The number of carbonyl (C=O) groups excluding carboxylic acids is 1. The molecular formula is C30H38N2O2. The van der Waals surface area contributed by atoms with E-state index >= 15 is 0 Å². The molecule has 4 nitrogen and oxygen atoms in total. The Bertz CT molecular complexity index is 1050. The minimum atomic E-state index is -0.167. The van der Waals surface area contributed by atoms with Crippen molar-refractivity contribution >= 4 is 18.2 Å². The van der Waals surface area contributed by atoms with Gasteiger partial charge in [0, 0.05) is 18.3 Å². The molecule has 0 unspecified atom stereocenters. The highest BCUT2D eigenvalue weighted by Gasteiger charge is 2.54. The highest BCUT2D eigenvalue weighted by Crippen LogP contribution is 2.63. The Balaban J connectivity index is 1.42. The van der Waals surface area contributed by atoms with Crippen molar-refractivity contribution in [2.75, 3.05) is 5.48 Å². The van der Waals surface area contributed by atoms with Crippen LogP contribution >= 0.6 is 0 Å². The van der Waals surface area contributed by atoms with Gasteiger partial charge in [-0.25, -0.2) is 5.48 Å². The minimum Gasteiger partial charge on any atom is -0.384 e. The number of hydrogen-bond donors (Lipinski definition) is 1. The molecule has 2 saturated carbocycles. The van der Waals surface area contributed by atoms with E-state index in [0.29, 0.717) is 12.2 Å². The number of rotatable bonds is 9. The van der Waals surface area contributed by atoms with Crippen LogP contribution in [0.3, 0.4) is 0 Å². The second-order valence-corrected chi connectivity index (χ2v) is 11.3. The summed E-state index contributed by atoms with van der Waals surface area (Å²) in [7, 11) is 0. The van der Waals surface area contributed by atoms with Gasteiger partial charge in [-0.2, -0.15) is 0 Å². The topological polar surface area (TPSA) is 50.7 Å². The fourth-order valence-corrected chi connectivity index (χ4v) is 5.82. The number of hydrogen-bond acceptors (Lipinski definition) is 4. The van der Waals surface area contributed by atoms with E-state index in [-0.39, 0.29) is 16.2 Å². The van der Waals surface area contributed by atoms with Gasteiger partial charge in [0.15, 0.2) is 5.76 Å². The molecule has 0 heterocycles. The van der Waals surface area contributed by atoms with E-state index < -0.39 is 0 Å². The maximum absolute atomic E-state index is 12.1. The fraction of sp³-hybridized carbons (Fsp3) is 0.467. The number of Topliss-reactive ketones (excluding diaryl/α,β-unsaturated/α-hetero) is 1. The number of aliphatic imine (C=N–C) groups is 1. The summed E-state index contributed by atoms with van der Waals surface area (Å²) in [5.41, 5.74) is 8.11. The number of ketones is 1. The van der Waals surface area contributed by atoms with Gasteiger partial charge < -0.3 is 4.84 Å². The summed E-state index contributed by atoms with van der Waals surface area (Å²) in [5, 5.41) is 0. The summed E-state index contributed by atoms with van der Waals surface area (Å²) in [6, 6.07) is 17.4. The van der Waals surface area contributed by atoms with Crippen molar-refractivity contribution in [2.24, 2.45) is 15.8 Å². The quantitative estimate of drug-likeness (QED) is 0.236. The maximum atomic E-state index is 12.1. The zero-order valence-electron chi connectivity index (χ0n) is 21.1. The Labute approximate surface area is 204 Å². The zero-order valence-corrected chi connectivity index (χ0v) is 21.1. The van der Waals surface area contributed by atoms with Gasteiger partial charge in [0.05, 0.1) is 11.9 Å². The second kappa shape index (κ2) is 9.40. The predicted molar refractivity (Wildman–Crippen MR) is 141 cm³/mol. The molecule has 2 fully saturated rings. The van der Waals surface area contributed by atoms with E-state index in [2.05, 4.69) is 74.4 Å². The number of allylic oxidation sites excluding steroid dienone is 1. The molecule has 4 rings (SSSR count). The average molecular weight is 459 g/mol. The summed E-state index contributed by atoms with van der Waals surface area (Å²) >= 11 is 0. The van der Waals surface area contributed by atoms with Crippen LogP contribution in [0.25, 0.3) is 11.1 Å². The SMILES string of the molecule is C=N/C=C(\ONc1ccc(-c2ccc(C34CCC(CC(=O)CC)(CC3)C4)cc2)cc1)C(C)(C)C. The largest absolute Gasteiger partial charge is 0.384 e. The van der Waals surface area contributed by atoms with E-state index in [1.807, 2.05) is 19.1 Å². The molecule has 2 aliphatic carbocycles. The lowest BCUT2D eigenvalue weighted by Crippen LogP contribution is -2.19. The first kappa shape index (κ1) is 24.3. The normalized spacial score (nSPS) is 24.2. The number of carbonyl (C=O) groups is 1. The molecule has 0 spiro atoms. The van der Waals surface area contributed by atoms with Crippen LogP contribution in [0.5, 0.6) is 0 Å². The molecule has 2 aliphatic rings. The van der Waals surface area contributed by atoms with Gasteiger partial charge in [-0.15, -0.1) is 0 Å². The Morgan fingerprint density at radius 2 is 1.62 bits per heavy atom. The van der Waals surface area contributed by atoms with E-state index in [4.69, 9.17) is 4.84 Å². The highest BCUT2D eigenvalue weighted by atomic mass is 16.6. The van der Waals surface area contributed by atoms with Crippen molar-refractivity contribution in [3.05, 3.63) is 66.1 Å². The molecule has 0 saturated heterocycles.